The third kappa shape index (κ3) is 2.41. The van der Waals surface area contributed by atoms with E-state index in [0.29, 0.717) is 24.2 Å². The number of aliphatic carboxylic acids is 1. The van der Waals surface area contributed by atoms with Gasteiger partial charge in [0.1, 0.15) is 6.04 Å². The highest BCUT2D eigenvalue weighted by Crippen LogP contribution is 2.30. The molecular formula is C17H16N2O3. The third-order valence-electron chi connectivity index (χ3n) is 4.01. The van der Waals surface area contributed by atoms with Gasteiger partial charge in [0.25, 0.3) is 5.91 Å². The average molecular weight is 296 g/mol. The number of nitrogens with zero attached hydrogens (tertiary/aromatic N) is 1. The number of nitrogens with two attached hydrogens (primary N) is 1. The normalized spacial score (nSPS) is 16.9. The Balaban J connectivity index is 2.09. The van der Waals surface area contributed by atoms with Crippen LogP contribution in [0.5, 0.6) is 0 Å². The molecule has 112 valence electrons. The van der Waals surface area contributed by atoms with E-state index in [4.69, 9.17) is 5.73 Å². The van der Waals surface area contributed by atoms with Crippen molar-refractivity contribution in [3.8, 4) is 0 Å². The molecule has 1 heterocycles. The molecule has 2 aromatic rings. The highest BCUT2D eigenvalue weighted by atomic mass is 16.4. The van der Waals surface area contributed by atoms with Gasteiger partial charge in [0.2, 0.25) is 0 Å². The monoisotopic (exact) mass is 296 g/mol. The van der Waals surface area contributed by atoms with Crippen molar-refractivity contribution in [1.29, 1.82) is 0 Å². The number of carbonyl (C=O) groups is 2. The molecule has 0 saturated carbocycles. The van der Waals surface area contributed by atoms with Gasteiger partial charge in [-0.15, -0.1) is 0 Å². The summed E-state index contributed by atoms with van der Waals surface area (Å²) in [5.74, 6) is -1.47. The van der Waals surface area contributed by atoms with E-state index in [-0.39, 0.29) is 0 Å². The van der Waals surface area contributed by atoms with E-state index in [2.05, 4.69) is 0 Å². The Hall–Kier alpha value is -2.82. The summed E-state index contributed by atoms with van der Waals surface area (Å²) in [6, 6.07) is 13.9. The Bertz CT molecular complexity index is 742. The molecule has 1 unspecified atom stereocenters. The van der Waals surface area contributed by atoms with E-state index in [0.717, 1.165) is 11.1 Å². The maximum absolute atomic E-state index is 11.7. The van der Waals surface area contributed by atoms with Gasteiger partial charge >= 0.3 is 5.97 Å². The third-order valence-corrected chi connectivity index (χ3v) is 4.01. The number of carbonyl (C=O) groups excluding carboxylic acids is 1. The van der Waals surface area contributed by atoms with Crippen molar-refractivity contribution in [3.05, 3.63) is 65.2 Å². The molecule has 1 atom stereocenters. The molecule has 0 aliphatic carbocycles. The fourth-order valence-electron chi connectivity index (χ4n) is 2.93. The Morgan fingerprint density at radius 2 is 1.68 bits per heavy atom. The van der Waals surface area contributed by atoms with Crippen molar-refractivity contribution in [2.24, 2.45) is 5.73 Å². The quantitative estimate of drug-likeness (QED) is 0.904. The number of fused-ring (bicyclic) bond motifs is 1. The zero-order chi connectivity index (χ0) is 15.7. The van der Waals surface area contributed by atoms with Crippen LogP contribution in [0.4, 0.5) is 5.69 Å². The predicted molar refractivity (Wildman–Crippen MR) is 82.7 cm³/mol. The van der Waals surface area contributed by atoms with Crippen molar-refractivity contribution in [2.75, 3.05) is 4.90 Å². The number of carboxylic acids is 1. The summed E-state index contributed by atoms with van der Waals surface area (Å²) in [6.07, 6.45) is 0.401. The first-order chi connectivity index (χ1) is 10.6. The van der Waals surface area contributed by atoms with Gasteiger partial charge in [-0.05, 0) is 23.3 Å². The van der Waals surface area contributed by atoms with Gasteiger partial charge in [-0.25, -0.2) is 4.79 Å². The number of hydrogen-bond donors (Lipinski definition) is 2. The summed E-state index contributed by atoms with van der Waals surface area (Å²) >= 11 is 0. The first-order valence-electron chi connectivity index (χ1n) is 7.03. The van der Waals surface area contributed by atoms with E-state index >= 15 is 0 Å². The zero-order valence-corrected chi connectivity index (χ0v) is 11.9. The topological polar surface area (TPSA) is 83.6 Å². The average Bonchev–Trinajstić information content (AvgIpc) is 2.53. The van der Waals surface area contributed by atoms with Crippen molar-refractivity contribution >= 4 is 17.6 Å². The van der Waals surface area contributed by atoms with Gasteiger partial charge in [-0.1, -0.05) is 36.4 Å². The summed E-state index contributed by atoms with van der Waals surface area (Å²) in [6.45, 7) is 0.442. The minimum absolute atomic E-state index is 0.341. The summed E-state index contributed by atoms with van der Waals surface area (Å²) < 4.78 is 0. The van der Waals surface area contributed by atoms with Gasteiger partial charge in [0, 0.05) is 13.0 Å². The SMILES string of the molecule is NC(=O)c1ccccc1N1Cc2ccccc2CC1C(=O)O. The van der Waals surface area contributed by atoms with Crippen LogP contribution < -0.4 is 10.6 Å². The molecule has 1 aliphatic heterocycles. The number of para-hydroxylation sites is 1. The Labute approximate surface area is 128 Å². The largest absolute Gasteiger partial charge is 0.480 e. The van der Waals surface area contributed by atoms with Crippen LogP contribution in [0, 0.1) is 0 Å². The summed E-state index contributed by atoms with van der Waals surface area (Å²) in [7, 11) is 0. The summed E-state index contributed by atoms with van der Waals surface area (Å²) in [4.78, 5) is 25.0. The number of anilines is 1. The fourth-order valence-corrected chi connectivity index (χ4v) is 2.93. The number of hydrogen-bond acceptors (Lipinski definition) is 3. The van der Waals surface area contributed by atoms with Gasteiger partial charge in [-0.2, -0.15) is 0 Å². The van der Waals surface area contributed by atoms with Crippen LogP contribution in [0.25, 0.3) is 0 Å². The van der Waals surface area contributed by atoms with Crippen LogP contribution in [0.15, 0.2) is 48.5 Å². The smallest absolute Gasteiger partial charge is 0.326 e. The standard InChI is InChI=1S/C17H16N2O3/c18-16(20)13-7-3-4-8-14(13)19-10-12-6-2-1-5-11(12)9-15(19)17(21)22/h1-8,15H,9-10H2,(H2,18,20)(H,21,22). The van der Waals surface area contributed by atoms with E-state index in [1.54, 1.807) is 29.2 Å². The van der Waals surface area contributed by atoms with E-state index in [1.807, 2.05) is 24.3 Å². The fraction of sp³-hybridized carbons (Fsp3) is 0.176. The summed E-state index contributed by atoms with van der Waals surface area (Å²) in [5.41, 5.74) is 8.43. The maximum Gasteiger partial charge on any atom is 0.326 e. The van der Waals surface area contributed by atoms with Gasteiger partial charge in [0.05, 0.1) is 11.3 Å². The second-order valence-electron chi connectivity index (χ2n) is 5.34. The highest BCUT2D eigenvalue weighted by molar-refractivity contribution is 5.99. The van der Waals surface area contributed by atoms with Crippen molar-refractivity contribution in [2.45, 2.75) is 19.0 Å². The molecule has 22 heavy (non-hydrogen) atoms. The summed E-state index contributed by atoms with van der Waals surface area (Å²) in [5, 5.41) is 9.57. The molecule has 0 spiro atoms. The molecule has 0 aromatic heterocycles. The molecule has 0 fully saturated rings. The lowest BCUT2D eigenvalue weighted by atomic mass is 9.93. The lowest BCUT2D eigenvalue weighted by Gasteiger charge is -2.37. The number of primary amides is 1. The first kappa shape index (κ1) is 14.1. The molecule has 5 nitrogen and oxygen atoms in total. The molecule has 5 heteroatoms. The van der Waals surface area contributed by atoms with E-state index in [9.17, 15) is 14.7 Å². The van der Waals surface area contributed by atoms with Crippen LogP contribution in [-0.2, 0) is 17.8 Å². The highest BCUT2D eigenvalue weighted by Gasteiger charge is 2.32. The van der Waals surface area contributed by atoms with E-state index in [1.165, 1.54) is 0 Å². The minimum Gasteiger partial charge on any atom is -0.480 e. The molecule has 0 saturated heterocycles. The van der Waals surface area contributed by atoms with Crippen LogP contribution in [0.3, 0.4) is 0 Å². The van der Waals surface area contributed by atoms with E-state index < -0.39 is 17.9 Å². The molecule has 3 N–H and O–H groups in total. The Morgan fingerprint density at radius 3 is 2.36 bits per heavy atom. The van der Waals surface area contributed by atoms with Crippen LogP contribution in [0.1, 0.15) is 21.5 Å². The molecule has 1 aliphatic rings. The molecule has 1 amide bonds. The van der Waals surface area contributed by atoms with Gasteiger partial charge in [-0.3, -0.25) is 4.79 Å². The second-order valence-corrected chi connectivity index (χ2v) is 5.34. The maximum atomic E-state index is 11.7. The molecule has 2 aromatic carbocycles. The van der Waals surface area contributed by atoms with Crippen LogP contribution in [-0.4, -0.2) is 23.0 Å². The zero-order valence-electron chi connectivity index (χ0n) is 11.9. The predicted octanol–water partition coefficient (Wildman–Crippen LogP) is 1.80. The number of amides is 1. The first-order valence-corrected chi connectivity index (χ1v) is 7.03. The van der Waals surface area contributed by atoms with Gasteiger partial charge < -0.3 is 15.7 Å². The van der Waals surface area contributed by atoms with Crippen molar-refractivity contribution in [3.63, 3.8) is 0 Å². The molecular weight excluding hydrogens is 280 g/mol. The molecule has 3 rings (SSSR count). The number of carboxylic acid groups (broad SMARTS) is 1. The second kappa shape index (κ2) is 5.52. The lowest BCUT2D eigenvalue weighted by Crippen LogP contribution is -2.46. The van der Waals surface area contributed by atoms with Crippen molar-refractivity contribution < 1.29 is 14.7 Å². The van der Waals surface area contributed by atoms with Crippen molar-refractivity contribution in [1.82, 2.24) is 0 Å². The molecule has 0 radical (unpaired) electrons. The number of rotatable bonds is 3. The molecule has 0 bridgehead atoms. The van der Waals surface area contributed by atoms with Gasteiger partial charge in [0.15, 0.2) is 0 Å². The minimum atomic E-state index is -0.909. The lowest BCUT2D eigenvalue weighted by molar-refractivity contribution is -0.138. The van der Waals surface area contributed by atoms with Crippen LogP contribution >= 0.6 is 0 Å². The van der Waals surface area contributed by atoms with Crippen LogP contribution in [0.2, 0.25) is 0 Å². The Kier molecular flexibility index (Phi) is 3.55. The number of benzene rings is 2. The Morgan fingerprint density at radius 1 is 1.05 bits per heavy atom.